The second kappa shape index (κ2) is 11.3. The van der Waals surface area contributed by atoms with Crippen LogP contribution in [0.2, 0.25) is 0 Å². The predicted octanol–water partition coefficient (Wildman–Crippen LogP) is 6.76. The molecule has 0 spiro atoms. The molecule has 1 fully saturated rings. The summed E-state index contributed by atoms with van der Waals surface area (Å²) in [6.07, 6.45) is 2.74. The van der Waals surface area contributed by atoms with Crippen LogP contribution < -0.4 is 4.74 Å². The van der Waals surface area contributed by atoms with Gasteiger partial charge >= 0.3 is 0 Å². The maximum atomic E-state index is 15.5. The summed E-state index contributed by atoms with van der Waals surface area (Å²) < 4.78 is 37.8. The second-order valence-corrected chi connectivity index (χ2v) is 11.4. The number of aromatic nitrogens is 3. The topological polar surface area (TPSA) is 67.0 Å². The summed E-state index contributed by atoms with van der Waals surface area (Å²) in [5.74, 6) is 0.312. The lowest BCUT2D eigenvalue weighted by atomic mass is 10.0. The van der Waals surface area contributed by atoms with Crippen molar-refractivity contribution >= 4 is 11.0 Å². The van der Waals surface area contributed by atoms with Crippen LogP contribution >= 0.6 is 0 Å². The highest BCUT2D eigenvalue weighted by Gasteiger charge is 2.43. The molecule has 6 rings (SSSR count). The van der Waals surface area contributed by atoms with Gasteiger partial charge in [0.05, 0.1) is 28.4 Å². The van der Waals surface area contributed by atoms with Gasteiger partial charge < -0.3 is 14.2 Å². The van der Waals surface area contributed by atoms with Crippen LogP contribution in [0.3, 0.4) is 0 Å². The van der Waals surface area contributed by atoms with Gasteiger partial charge in [-0.15, -0.1) is 0 Å². The van der Waals surface area contributed by atoms with Crippen molar-refractivity contribution < 1.29 is 13.5 Å². The van der Waals surface area contributed by atoms with E-state index >= 15 is 4.39 Å². The van der Waals surface area contributed by atoms with Crippen molar-refractivity contribution in [2.75, 3.05) is 20.6 Å². The fourth-order valence-electron chi connectivity index (χ4n) is 5.55. The number of ether oxygens (including phenoxy) is 1. The minimum atomic E-state index is -0.513. The van der Waals surface area contributed by atoms with Crippen LogP contribution in [-0.2, 0) is 19.6 Å². The van der Waals surface area contributed by atoms with E-state index in [0.717, 1.165) is 29.9 Å². The molecule has 6 nitrogen and oxygen atoms in total. The van der Waals surface area contributed by atoms with Crippen LogP contribution in [0.25, 0.3) is 22.3 Å². The molecule has 0 aliphatic heterocycles. The van der Waals surface area contributed by atoms with Crippen LogP contribution in [0.15, 0.2) is 78.9 Å². The molecule has 0 N–H and O–H groups in total. The van der Waals surface area contributed by atoms with Gasteiger partial charge in [-0.1, -0.05) is 36.4 Å². The number of hydrogen-bond acceptors (Lipinski definition) is 5. The molecule has 42 heavy (non-hydrogen) atoms. The first-order valence-corrected chi connectivity index (χ1v) is 14.0. The molecule has 2 heterocycles. The Morgan fingerprint density at radius 1 is 0.929 bits per heavy atom. The van der Waals surface area contributed by atoms with E-state index in [9.17, 15) is 4.39 Å². The van der Waals surface area contributed by atoms with Crippen LogP contribution in [0.5, 0.6) is 5.88 Å². The molecule has 212 valence electrons. The zero-order valence-electron chi connectivity index (χ0n) is 23.6. The Kier molecular flexibility index (Phi) is 7.44. The lowest BCUT2D eigenvalue weighted by molar-refractivity contribution is 0.281. The minimum Gasteiger partial charge on any atom is -0.473 e. The monoisotopic (exact) mass is 563 g/mol. The van der Waals surface area contributed by atoms with Crippen molar-refractivity contribution in [1.82, 2.24) is 19.4 Å². The van der Waals surface area contributed by atoms with Gasteiger partial charge in [0.25, 0.3) is 0 Å². The molecule has 1 saturated carbocycles. The van der Waals surface area contributed by atoms with Crippen molar-refractivity contribution in [3.8, 4) is 23.2 Å². The molecule has 0 bridgehead atoms. The van der Waals surface area contributed by atoms with Gasteiger partial charge in [0.15, 0.2) is 0 Å². The van der Waals surface area contributed by atoms with Crippen molar-refractivity contribution in [2.45, 2.75) is 32.4 Å². The van der Waals surface area contributed by atoms with Gasteiger partial charge in [-0.05, 0) is 68.9 Å². The normalized spacial score (nSPS) is 13.8. The van der Waals surface area contributed by atoms with Gasteiger partial charge in [-0.2, -0.15) is 5.26 Å². The quantitative estimate of drug-likeness (QED) is 0.188. The highest BCUT2D eigenvalue weighted by atomic mass is 19.1. The molecule has 0 unspecified atom stereocenters. The number of fused-ring (bicyclic) bond motifs is 1. The number of imidazole rings is 1. The van der Waals surface area contributed by atoms with Crippen LogP contribution in [0, 0.1) is 28.4 Å². The molecule has 0 radical (unpaired) electrons. The summed E-state index contributed by atoms with van der Waals surface area (Å²) in [7, 11) is 4.21. The SMILES string of the molecule is CN(C)CC1(Cn2c(Cc3ccc(-c4cccc(OCc5ccc(C#N)cc5F)n4)cc3F)nc3ccccc32)CC1. The van der Waals surface area contributed by atoms with E-state index < -0.39 is 5.82 Å². The third kappa shape index (κ3) is 5.88. The summed E-state index contributed by atoms with van der Waals surface area (Å²) in [5, 5.41) is 8.93. The first-order chi connectivity index (χ1) is 20.3. The minimum absolute atomic E-state index is 0.0435. The maximum absolute atomic E-state index is 15.5. The average molecular weight is 564 g/mol. The van der Waals surface area contributed by atoms with Gasteiger partial charge in [-0.3, -0.25) is 0 Å². The number of nitrogens with zero attached hydrogens (tertiary/aromatic N) is 5. The van der Waals surface area contributed by atoms with Gasteiger partial charge in [0, 0.05) is 42.1 Å². The third-order valence-electron chi connectivity index (χ3n) is 7.81. The zero-order valence-corrected chi connectivity index (χ0v) is 23.6. The van der Waals surface area contributed by atoms with Crippen molar-refractivity contribution in [2.24, 2.45) is 5.41 Å². The summed E-state index contributed by atoms with van der Waals surface area (Å²) in [4.78, 5) is 11.7. The maximum Gasteiger partial charge on any atom is 0.214 e. The first kappa shape index (κ1) is 27.6. The summed E-state index contributed by atoms with van der Waals surface area (Å²) >= 11 is 0. The summed E-state index contributed by atoms with van der Waals surface area (Å²) in [6.45, 7) is 1.84. The Labute approximate surface area is 243 Å². The molecule has 0 amide bonds. The highest BCUT2D eigenvalue weighted by Crippen LogP contribution is 2.48. The standard InChI is InChI=1S/C34H31F2N5O/c1-40(2)21-34(14-15-34)22-41-31-8-4-3-6-30(31)38-32(41)18-24-12-13-25(17-28(24)36)29-7-5-9-33(39-29)42-20-26-11-10-23(19-37)16-27(26)35/h3-13,16-17H,14-15,18,20-22H2,1-2H3. The molecule has 0 atom stereocenters. The van der Waals surface area contributed by atoms with Crippen LogP contribution in [0.1, 0.15) is 35.4 Å². The number of benzene rings is 3. The molecular formula is C34H31F2N5O. The number of halogens is 2. The Morgan fingerprint density at radius 2 is 1.71 bits per heavy atom. The number of hydrogen-bond donors (Lipinski definition) is 0. The van der Waals surface area contributed by atoms with E-state index in [1.165, 1.54) is 31.0 Å². The average Bonchev–Trinajstić information content (AvgIpc) is 3.65. The number of nitriles is 1. The second-order valence-electron chi connectivity index (χ2n) is 11.4. The Hall–Kier alpha value is -4.61. The number of para-hydroxylation sites is 2. The highest BCUT2D eigenvalue weighted by molar-refractivity contribution is 5.76. The summed E-state index contributed by atoms with van der Waals surface area (Å²) in [6, 6.07) is 24.6. The molecule has 2 aromatic heterocycles. The van der Waals surface area contributed by atoms with Crippen LogP contribution in [0.4, 0.5) is 8.78 Å². The third-order valence-corrected chi connectivity index (χ3v) is 7.81. The molecule has 5 aromatic rings. The lowest BCUT2D eigenvalue weighted by Gasteiger charge is -2.22. The molecule has 0 saturated heterocycles. The van der Waals surface area contributed by atoms with Gasteiger partial charge in [0.1, 0.15) is 24.1 Å². The van der Waals surface area contributed by atoms with E-state index in [4.69, 9.17) is 15.0 Å². The Morgan fingerprint density at radius 3 is 2.45 bits per heavy atom. The number of pyridine rings is 1. The smallest absolute Gasteiger partial charge is 0.214 e. The first-order valence-electron chi connectivity index (χ1n) is 14.0. The zero-order chi connectivity index (χ0) is 29.3. The Bertz CT molecular complexity index is 1800. The molecular weight excluding hydrogens is 532 g/mol. The van der Waals surface area contributed by atoms with Gasteiger partial charge in [0.2, 0.25) is 5.88 Å². The van der Waals surface area contributed by atoms with Crippen LogP contribution in [-0.4, -0.2) is 40.1 Å². The lowest BCUT2D eigenvalue weighted by Crippen LogP contribution is -2.27. The predicted molar refractivity (Wildman–Crippen MR) is 158 cm³/mol. The summed E-state index contributed by atoms with van der Waals surface area (Å²) in [5.41, 5.74) is 4.52. The van der Waals surface area contributed by atoms with Crippen molar-refractivity contribution in [1.29, 1.82) is 5.26 Å². The van der Waals surface area contributed by atoms with Crippen molar-refractivity contribution in [3.63, 3.8) is 0 Å². The fourth-order valence-corrected chi connectivity index (χ4v) is 5.55. The van der Waals surface area contributed by atoms with E-state index in [2.05, 4.69) is 34.6 Å². The van der Waals surface area contributed by atoms with Gasteiger partial charge in [-0.25, -0.2) is 18.7 Å². The van der Waals surface area contributed by atoms with E-state index in [1.54, 1.807) is 30.3 Å². The molecule has 1 aliphatic carbocycles. The molecule has 8 heteroatoms. The molecule has 1 aliphatic rings. The van der Waals surface area contributed by atoms with E-state index in [0.29, 0.717) is 34.7 Å². The Balaban J connectivity index is 1.21. The van der Waals surface area contributed by atoms with E-state index in [-0.39, 0.29) is 23.4 Å². The largest absolute Gasteiger partial charge is 0.473 e. The fraction of sp³-hybridized carbons (Fsp3) is 0.265. The van der Waals surface area contributed by atoms with E-state index in [1.807, 2.05) is 30.3 Å². The number of rotatable bonds is 10. The van der Waals surface area contributed by atoms with Crippen molar-refractivity contribution in [3.05, 3.63) is 113 Å². The molecule has 3 aromatic carbocycles.